The van der Waals surface area contributed by atoms with Crippen molar-refractivity contribution in [1.29, 1.82) is 0 Å². The summed E-state index contributed by atoms with van der Waals surface area (Å²) in [5, 5.41) is 0. The minimum Gasteiger partial charge on any atom is -0.497 e. The Balaban J connectivity index is 1.08. The van der Waals surface area contributed by atoms with Gasteiger partial charge in [-0.15, -0.1) is 0 Å². The van der Waals surface area contributed by atoms with Crippen LogP contribution in [0.15, 0.2) is 36.4 Å². The lowest BCUT2D eigenvalue weighted by Gasteiger charge is -2.36. The molecule has 4 atom stereocenters. The molecule has 2 saturated heterocycles. The summed E-state index contributed by atoms with van der Waals surface area (Å²) in [6, 6.07) is 7.97. The van der Waals surface area contributed by atoms with Gasteiger partial charge in [-0.2, -0.15) is 0 Å². The van der Waals surface area contributed by atoms with E-state index in [2.05, 4.69) is 17.1 Å². The second kappa shape index (κ2) is 8.02. The maximum absolute atomic E-state index is 12.7. The van der Waals surface area contributed by atoms with Crippen molar-refractivity contribution < 1.29 is 19.1 Å². The Morgan fingerprint density at radius 3 is 2.16 bits per heavy atom. The van der Waals surface area contributed by atoms with Crippen LogP contribution in [0, 0.1) is 23.7 Å². The maximum Gasteiger partial charge on any atom is 0.233 e. The Hall–Kier alpha value is -2.83. The quantitative estimate of drug-likeness (QED) is 0.517. The van der Waals surface area contributed by atoms with Gasteiger partial charge in [0, 0.05) is 44.8 Å². The molecule has 164 valence electrons. The standard InChI is InChI=1S/C24H29N3O4/c1-31-19-8-6-18(7-9-19)25-11-13-26(14-12-25)20(28)3-2-10-27-23(29)21-16-4-5-17(15-16)22(21)24(27)30/h4-9,16-17,21-22H,2-3,10-15H2,1H3/t16-,17-,21+,22+/m0/s1. The zero-order valence-corrected chi connectivity index (χ0v) is 17.9. The highest BCUT2D eigenvalue weighted by molar-refractivity contribution is 6.06. The van der Waals surface area contributed by atoms with Gasteiger partial charge < -0.3 is 14.5 Å². The molecule has 1 aromatic carbocycles. The third-order valence-corrected chi connectivity index (χ3v) is 7.40. The highest BCUT2D eigenvalue weighted by Crippen LogP contribution is 2.52. The first-order valence-electron chi connectivity index (χ1n) is 11.3. The molecule has 0 radical (unpaired) electrons. The van der Waals surface area contributed by atoms with Crippen LogP contribution >= 0.6 is 0 Å². The summed E-state index contributed by atoms with van der Waals surface area (Å²) in [7, 11) is 1.65. The van der Waals surface area contributed by atoms with Crippen LogP contribution in [0.25, 0.3) is 0 Å². The number of methoxy groups -OCH3 is 1. The molecule has 0 aromatic heterocycles. The highest BCUT2D eigenvalue weighted by Gasteiger charge is 2.58. The summed E-state index contributed by atoms with van der Waals surface area (Å²) < 4.78 is 5.21. The Labute approximate surface area is 182 Å². The van der Waals surface area contributed by atoms with Crippen molar-refractivity contribution in [2.24, 2.45) is 23.7 Å². The van der Waals surface area contributed by atoms with Crippen LogP contribution in [0.5, 0.6) is 5.75 Å². The smallest absolute Gasteiger partial charge is 0.233 e. The van der Waals surface area contributed by atoms with Gasteiger partial charge in [0.05, 0.1) is 18.9 Å². The number of ether oxygens (including phenoxy) is 1. The number of carbonyl (C=O) groups is 3. The van der Waals surface area contributed by atoms with Gasteiger partial charge in [-0.3, -0.25) is 19.3 Å². The molecule has 0 N–H and O–H groups in total. The van der Waals surface area contributed by atoms with E-state index in [1.807, 2.05) is 29.2 Å². The Kier molecular flexibility index (Phi) is 5.20. The lowest BCUT2D eigenvalue weighted by molar-refractivity contribution is -0.141. The zero-order valence-electron chi connectivity index (χ0n) is 17.9. The van der Waals surface area contributed by atoms with E-state index in [-0.39, 0.29) is 41.4 Å². The number of nitrogens with zero attached hydrogens (tertiary/aromatic N) is 3. The normalized spacial score (nSPS) is 29.1. The molecule has 31 heavy (non-hydrogen) atoms. The van der Waals surface area contributed by atoms with E-state index in [0.29, 0.717) is 32.5 Å². The van der Waals surface area contributed by atoms with Crippen LogP contribution in [0.1, 0.15) is 19.3 Å². The van der Waals surface area contributed by atoms with Crippen molar-refractivity contribution in [1.82, 2.24) is 9.80 Å². The molecule has 3 fully saturated rings. The Morgan fingerprint density at radius 2 is 1.58 bits per heavy atom. The van der Waals surface area contributed by atoms with E-state index in [4.69, 9.17) is 4.74 Å². The van der Waals surface area contributed by atoms with Crippen LogP contribution in [0.4, 0.5) is 5.69 Å². The van der Waals surface area contributed by atoms with Crippen LogP contribution < -0.4 is 9.64 Å². The van der Waals surface area contributed by atoms with Crippen LogP contribution in [0.3, 0.4) is 0 Å². The van der Waals surface area contributed by atoms with E-state index in [0.717, 1.165) is 30.9 Å². The first kappa shape index (κ1) is 20.1. The van der Waals surface area contributed by atoms with Crippen molar-refractivity contribution in [2.45, 2.75) is 19.3 Å². The fourth-order valence-electron chi connectivity index (χ4n) is 5.74. The molecular weight excluding hydrogens is 394 g/mol. The monoisotopic (exact) mass is 423 g/mol. The number of fused-ring (bicyclic) bond motifs is 5. The second-order valence-electron chi connectivity index (χ2n) is 9.00. The molecule has 5 rings (SSSR count). The van der Waals surface area contributed by atoms with Gasteiger partial charge in [-0.1, -0.05) is 12.2 Å². The number of amides is 3. The summed E-state index contributed by atoms with van der Waals surface area (Å²) >= 11 is 0. The van der Waals surface area contributed by atoms with E-state index in [1.54, 1.807) is 7.11 Å². The van der Waals surface area contributed by atoms with E-state index in [1.165, 1.54) is 4.90 Å². The summed E-state index contributed by atoms with van der Waals surface area (Å²) in [4.78, 5) is 43.7. The van der Waals surface area contributed by atoms with Crippen molar-refractivity contribution in [3.05, 3.63) is 36.4 Å². The third kappa shape index (κ3) is 3.50. The van der Waals surface area contributed by atoms with Crippen molar-refractivity contribution in [2.75, 3.05) is 44.7 Å². The Morgan fingerprint density at radius 1 is 0.968 bits per heavy atom. The molecule has 7 nitrogen and oxygen atoms in total. The van der Waals surface area contributed by atoms with Crippen molar-refractivity contribution in [3.63, 3.8) is 0 Å². The summed E-state index contributed by atoms with van der Waals surface area (Å²) in [5.41, 5.74) is 1.13. The summed E-state index contributed by atoms with van der Waals surface area (Å²) in [6.45, 7) is 3.32. The van der Waals surface area contributed by atoms with E-state index in [9.17, 15) is 14.4 Å². The number of anilines is 1. The number of benzene rings is 1. The predicted molar refractivity (Wildman–Crippen MR) is 115 cm³/mol. The van der Waals surface area contributed by atoms with Gasteiger partial charge in [0.15, 0.2) is 0 Å². The molecule has 2 aliphatic carbocycles. The number of allylic oxidation sites excluding steroid dienone is 2. The molecule has 3 amide bonds. The predicted octanol–water partition coefficient (Wildman–Crippen LogP) is 1.93. The number of hydrogen-bond acceptors (Lipinski definition) is 5. The Bertz CT molecular complexity index is 874. The lowest BCUT2D eigenvalue weighted by Crippen LogP contribution is -2.48. The number of imide groups is 1. The molecule has 0 spiro atoms. The molecular formula is C24H29N3O4. The number of rotatable bonds is 6. The number of piperazine rings is 1. The molecule has 0 unspecified atom stereocenters. The topological polar surface area (TPSA) is 70.2 Å². The first-order chi connectivity index (χ1) is 15.1. The van der Waals surface area contributed by atoms with Gasteiger partial charge in [0.2, 0.25) is 17.7 Å². The first-order valence-corrected chi connectivity index (χ1v) is 11.3. The minimum absolute atomic E-state index is 0.0209. The summed E-state index contributed by atoms with van der Waals surface area (Å²) in [5.74, 6) is 1.07. The maximum atomic E-state index is 12.7. The van der Waals surface area contributed by atoms with Gasteiger partial charge in [0.1, 0.15) is 5.75 Å². The lowest BCUT2D eigenvalue weighted by atomic mass is 9.85. The third-order valence-electron chi connectivity index (χ3n) is 7.40. The van der Waals surface area contributed by atoms with Gasteiger partial charge in [-0.25, -0.2) is 0 Å². The van der Waals surface area contributed by atoms with Crippen LogP contribution in [-0.4, -0.2) is 67.4 Å². The van der Waals surface area contributed by atoms with E-state index < -0.39 is 0 Å². The zero-order chi connectivity index (χ0) is 21.5. The van der Waals surface area contributed by atoms with Crippen LogP contribution in [0.2, 0.25) is 0 Å². The molecule has 7 heteroatoms. The van der Waals surface area contributed by atoms with Gasteiger partial charge in [0.25, 0.3) is 0 Å². The summed E-state index contributed by atoms with van der Waals surface area (Å²) in [6.07, 6.45) is 6.07. The number of likely N-dealkylation sites (tertiary alicyclic amines) is 1. The van der Waals surface area contributed by atoms with Crippen LogP contribution in [-0.2, 0) is 14.4 Å². The minimum atomic E-state index is -0.149. The average Bonchev–Trinajstić information content (AvgIpc) is 3.49. The number of hydrogen-bond donors (Lipinski definition) is 0. The van der Waals surface area contributed by atoms with Gasteiger partial charge >= 0.3 is 0 Å². The highest BCUT2D eigenvalue weighted by atomic mass is 16.5. The molecule has 2 bridgehead atoms. The largest absolute Gasteiger partial charge is 0.497 e. The van der Waals surface area contributed by atoms with E-state index >= 15 is 0 Å². The average molecular weight is 424 g/mol. The SMILES string of the molecule is COc1ccc(N2CCN(C(=O)CCCN3C(=O)[C@H]4[C@H](C3=O)[C@H]3C=C[C@H]4C3)CC2)cc1. The fraction of sp³-hybridized carbons (Fsp3) is 0.542. The molecule has 1 saturated carbocycles. The van der Waals surface area contributed by atoms with Crippen molar-refractivity contribution in [3.8, 4) is 5.75 Å². The second-order valence-corrected chi connectivity index (χ2v) is 9.00. The number of carbonyl (C=O) groups excluding carboxylic acids is 3. The van der Waals surface area contributed by atoms with Gasteiger partial charge in [-0.05, 0) is 48.9 Å². The molecule has 2 aliphatic heterocycles. The fourth-order valence-corrected chi connectivity index (χ4v) is 5.74. The molecule has 2 heterocycles. The molecule has 1 aromatic rings. The molecule has 4 aliphatic rings. The van der Waals surface area contributed by atoms with Crippen molar-refractivity contribution >= 4 is 23.4 Å².